The van der Waals surface area contributed by atoms with E-state index in [1.165, 1.54) is 43.4 Å². The standard InChI is InChI=1S/C27H18O/c1-17-7-6-12-23-25-22-11-5-4-10-20(22)16-24(27(25)28-26(17)23)21-14-13-18-8-2-3-9-19(18)15-21/h2-16H,1H3. The molecule has 6 aromatic rings. The molecule has 0 radical (unpaired) electrons. The molecule has 1 aromatic heterocycles. The van der Waals surface area contributed by atoms with Crippen molar-refractivity contribution >= 4 is 43.5 Å². The second-order valence-electron chi connectivity index (χ2n) is 7.46. The van der Waals surface area contributed by atoms with Gasteiger partial charge in [-0.25, -0.2) is 0 Å². The van der Waals surface area contributed by atoms with E-state index in [0.717, 1.165) is 16.7 Å². The zero-order valence-corrected chi connectivity index (χ0v) is 15.6. The Hall–Kier alpha value is -3.58. The SMILES string of the molecule is Cc1cccc2c1oc1c(-c3ccc4ccccc4c3)cc3ccccc3c12. The molecule has 28 heavy (non-hydrogen) atoms. The highest BCUT2D eigenvalue weighted by Crippen LogP contribution is 2.42. The number of hydrogen-bond acceptors (Lipinski definition) is 1. The Labute approximate surface area is 162 Å². The van der Waals surface area contributed by atoms with Gasteiger partial charge in [-0.05, 0) is 51.7 Å². The minimum Gasteiger partial charge on any atom is -0.455 e. The molecule has 1 heteroatoms. The number of hydrogen-bond donors (Lipinski definition) is 0. The Bertz CT molecular complexity index is 1520. The first-order valence-corrected chi connectivity index (χ1v) is 9.62. The van der Waals surface area contributed by atoms with Gasteiger partial charge in [0.05, 0.1) is 0 Å². The van der Waals surface area contributed by atoms with E-state index in [-0.39, 0.29) is 0 Å². The Balaban J connectivity index is 1.80. The van der Waals surface area contributed by atoms with Gasteiger partial charge in [-0.1, -0.05) is 78.9 Å². The number of fused-ring (bicyclic) bond motifs is 6. The summed E-state index contributed by atoms with van der Waals surface area (Å²) in [5.74, 6) is 0. The third kappa shape index (κ3) is 2.13. The van der Waals surface area contributed by atoms with Crippen molar-refractivity contribution in [2.75, 3.05) is 0 Å². The van der Waals surface area contributed by atoms with Crippen molar-refractivity contribution in [2.45, 2.75) is 6.92 Å². The molecule has 0 N–H and O–H groups in total. The molecule has 0 aliphatic heterocycles. The summed E-state index contributed by atoms with van der Waals surface area (Å²) in [6, 6.07) is 32.4. The predicted octanol–water partition coefficient (Wildman–Crippen LogP) is 7.87. The summed E-state index contributed by atoms with van der Waals surface area (Å²) in [6.45, 7) is 2.11. The molecule has 5 aromatic carbocycles. The molecule has 0 spiro atoms. The molecule has 0 aliphatic rings. The molecular weight excluding hydrogens is 340 g/mol. The lowest BCUT2D eigenvalue weighted by Gasteiger charge is -2.08. The minimum atomic E-state index is 0.971. The van der Waals surface area contributed by atoms with Crippen LogP contribution in [0.4, 0.5) is 0 Å². The first-order valence-electron chi connectivity index (χ1n) is 9.62. The van der Waals surface area contributed by atoms with Crippen LogP contribution < -0.4 is 0 Å². The largest absolute Gasteiger partial charge is 0.455 e. The van der Waals surface area contributed by atoms with Crippen LogP contribution in [0.3, 0.4) is 0 Å². The monoisotopic (exact) mass is 358 g/mol. The van der Waals surface area contributed by atoms with Crippen LogP contribution in [0.15, 0.2) is 95.4 Å². The highest BCUT2D eigenvalue weighted by atomic mass is 16.3. The van der Waals surface area contributed by atoms with E-state index >= 15 is 0 Å². The smallest absolute Gasteiger partial charge is 0.143 e. The van der Waals surface area contributed by atoms with E-state index in [0.29, 0.717) is 0 Å². The van der Waals surface area contributed by atoms with E-state index in [4.69, 9.17) is 4.42 Å². The second-order valence-corrected chi connectivity index (χ2v) is 7.46. The third-order valence-corrected chi connectivity index (χ3v) is 5.75. The summed E-state index contributed by atoms with van der Waals surface area (Å²) in [7, 11) is 0. The Kier molecular flexibility index (Phi) is 3.15. The summed E-state index contributed by atoms with van der Waals surface area (Å²) in [4.78, 5) is 0. The molecule has 6 rings (SSSR count). The molecule has 1 heterocycles. The van der Waals surface area contributed by atoms with Gasteiger partial charge in [0.15, 0.2) is 0 Å². The molecule has 0 unspecified atom stereocenters. The van der Waals surface area contributed by atoms with Crippen LogP contribution in [-0.2, 0) is 0 Å². The van der Waals surface area contributed by atoms with Crippen LogP contribution in [0, 0.1) is 6.92 Å². The van der Waals surface area contributed by atoms with Gasteiger partial charge in [-0.2, -0.15) is 0 Å². The van der Waals surface area contributed by atoms with Crippen molar-refractivity contribution in [2.24, 2.45) is 0 Å². The van der Waals surface area contributed by atoms with Crippen LogP contribution in [0.25, 0.3) is 54.6 Å². The number of furan rings is 1. The van der Waals surface area contributed by atoms with Crippen molar-refractivity contribution < 1.29 is 4.42 Å². The van der Waals surface area contributed by atoms with E-state index in [1.807, 2.05) is 0 Å². The van der Waals surface area contributed by atoms with E-state index < -0.39 is 0 Å². The maximum Gasteiger partial charge on any atom is 0.143 e. The Morgan fingerprint density at radius 2 is 1.32 bits per heavy atom. The molecule has 132 valence electrons. The van der Waals surface area contributed by atoms with Crippen LogP contribution >= 0.6 is 0 Å². The fourth-order valence-corrected chi connectivity index (χ4v) is 4.36. The van der Waals surface area contributed by atoms with Crippen molar-refractivity contribution in [1.29, 1.82) is 0 Å². The normalized spacial score (nSPS) is 11.8. The van der Waals surface area contributed by atoms with Gasteiger partial charge in [0.1, 0.15) is 11.2 Å². The van der Waals surface area contributed by atoms with E-state index in [2.05, 4.69) is 97.9 Å². The summed E-state index contributed by atoms with van der Waals surface area (Å²) in [5, 5.41) is 7.37. The van der Waals surface area contributed by atoms with Crippen molar-refractivity contribution in [3.8, 4) is 11.1 Å². The molecule has 0 amide bonds. The lowest BCUT2D eigenvalue weighted by molar-refractivity contribution is 0.667. The zero-order chi connectivity index (χ0) is 18.7. The molecule has 0 atom stereocenters. The quantitative estimate of drug-likeness (QED) is 0.291. The van der Waals surface area contributed by atoms with Crippen LogP contribution in [0.1, 0.15) is 5.56 Å². The summed E-state index contributed by atoms with van der Waals surface area (Å²) in [5.41, 5.74) is 5.46. The first-order chi connectivity index (χ1) is 13.8. The average molecular weight is 358 g/mol. The van der Waals surface area contributed by atoms with Crippen molar-refractivity contribution in [3.05, 3.63) is 96.6 Å². The Morgan fingerprint density at radius 1 is 0.571 bits per heavy atom. The first kappa shape index (κ1) is 15.5. The molecule has 0 bridgehead atoms. The van der Waals surface area contributed by atoms with Crippen LogP contribution in [-0.4, -0.2) is 0 Å². The molecule has 0 saturated heterocycles. The number of benzene rings is 5. The van der Waals surface area contributed by atoms with Crippen LogP contribution in [0.5, 0.6) is 0 Å². The molecule has 0 fully saturated rings. The van der Waals surface area contributed by atoms with Gasteiger partial charge in [-0.3, -0.25) is 0 Å². The summed E-state index contributed by atoms with van der Waals surface area (Å²) in [6.07, 6.45) is 0. The van der Waals surface area contributed by atoms with Crippen molar-refractivity contribution in [3.63, 3.8) is 0 Å². The van der Waals surface area contributed by atoms with Gasteiger partial charge in [-0.15, -0.1) is 0 Å². The predicted molar refractivity (Wildman–Crippen MR) is 119 cm³/mol. The zero-order valence-electron chi connectivity index (χ0n) is 15.6. The minimum absolute atomic E-state index is 0.971. The van der Waals surface area contributed by atoms with E-state index in [9.17, 15) is 0 Å². The van der Waals surface area contributed by atoms with Gasteiger partial charge >= 0.3 is 0 Å². The maximum absolute atomic E-state index is 6.49. The highest BCUT2D eigenvalue weighted by molar-refractivity contribution is 6.22. The van der Waals surface area contributed by atoms with Crippen LogP contribution in [0.2, 0.25) is 0 Å². The van der Waals surface area contributed by atoms with E-state index in [1.54, 1.807) is 0 Å². The topological polar surface area (TPSA) is 13.1 Å². The Morgan fingerprint density at radius 3 is 2.21 bits per heavy atom. The van der Waals surface area contributed by atoms with Gasteiger partial charge < -0.3 is 4.42 Å². The van der Waals surface area contributed by atoms with Gasteiger partial charge in [0, 0.05) is 16.3 Å². The van der Waals surface area contributed by atoms with Crippen molar-refractivity contribution in [1.82, 2.24) is 0 Å². The number of rotatable bonds is 1. The number of para-hydroxylation sites is 1. The summed E-state index contributed by atoms with van der Waals surface area (Å²) >= 11 is 0. The highest BCUT2D eigenvalue weighted by Gasteiger charge is 2.17. The summed E-state index contributed by atoms with van der Waals surface area (Å²) < 4.78 is 6.49. The fraction of sp³-hybridized carbons (Fsp3) is 0.0370. The fourth-order valence-electron chi connectivity index (χ4n) is 4.36. The molecule has 1 nitrogen and oxygen atoms in total. The van der Waals surface area contributed by atoms with Gasteiger partial charge in [0.2, 0.25) is 0 Å². The second kappa shape index (κ2) is 5.71. The number of aryl methyl sites for hydroxylation is 1. The maximum atomic E-state index is 6.49. The third-order valence-electron chi connectivity index (χ3n) is 5.75. The lowest BCUT2D eigenvalue weighted by Crippen LogP contribution is -1.83. The average Bonchev–Trinajstić information content (AvgIpc) is 3.14. The lowest BCUT2D eigenvalue weighted by atomic mass is 9.95. The molecule has 0 aliphatic carbocycles. The van der Waals surface area contributed by atoms with Gasteiger partial charge in [0.25, 0.3) is 0 Å². The molecule has 0 saturated carbocycles. The molecular formula is C27H18O.